The van der Waals surface area contributed by atoms with Gasteiger partial charge in [0.2, 0.25) is 14.8 Å². The molecule has 3 saturated heterocycles. The second-order valence-electron chi connectivity index (χ2n) is 6.10. The maximum atomic E-state index is 15.3. The normalized spacial score (nSPS) is 32.3. The number of epoxide rings is 3. The van der Waals surface area contributed by atoms with Crippen LogP contribution in [0.5, 0.6) is 0 Å². The molecule has 0 aliphatic carbocycles. The van der Waals surface area contributed by atoms with Crippen LogP contribution < -0.4 is 0 Å². The molecule has 0 spiro atoms. The average Bonchev–Trinajstić information content (AvgIpc) is 3.34. The molecule has 1 aromatic rings. The minimum absolute atomic E-state index is 0.000648. The van der Waals surface area contributed by atoms with E-state index in [-0.39, 0.29) is 36.0 Å². The summed E-state index contributed by atoms with van der Waals surface area (Å²) in [5, 5.41) is -2.34. The number of rotatable bonds is 7. The Morgan fingerprint density at radius 3 is 1.91 bits per heavy atom. The lowest BCUT2D eigenvalue weighted by atomic mass is 10.1. The Hall–Kier alpha value is -1.02. The molecule has 0 saturated carbocycles. The average molecular weight is 328 g/mol. The van der Waals surface area contributed by atoms with Gasteiger partial charge in [0, 0.05) is 12.8 Å². The smallest absolute Gasteiger partial charge is 0.220 e. The molecule has 0 bridgehead atoms. The first kappa shape index (κ1) is 14.6. The molecule has 0 amide bonds. The zero-order valence-electron chi connectivity index (χ0n) is 11.9. The summed E-state index contributed by atoms with van der Waals surface area (Å²) in [5.41, 5.74) is 0.916. The van der Waals surface area contributed by atoms with Crippen molar-refractivity contribution >= 4 is 9.84 Å². The molecule has 5 nitrogen and oxygen atoms in total. The lowest BCUT2D eigenvalue weighted by Gasteiger charge is -2.24. The minimum atomic E-state index is -4.10. The van der Waals surface area contributed by atoms with E-state index in [1.54, 1.807) is 12.1 Å². The zero-order valence-corrected chi connectivity index (χ0v) is 12.7. The third-order valence-corrected chi connectivity index (χ3v) is 6.44. The predicted molar refractivity (Wildman–Crippen MR) is 74.9 cm³/mol. The van der Waals surface area contributed by atoms with Gasteiger partial charge < -0.3 is 14.2 Å². The molecular weight excluding hydrogens is 311 g/mol. The first-order valence-electron chi connectivity index (χ1n) is 7.36. The highest BCUT2D eigenvalue weighted by Crippen LogP contribution is 2.41. The lowest BCUT2D eigenvalue weighted by molar-refractivity contribution is 0.192. The summed E-state index contributed by atoms with van der Waals surface area (Å²) in [5.74, 6) is 0. The number of halogens is 1. The standard InChI is InChI=1S/C15H17FO5S/c16-15(5-11-7-19-11,6-12-8-20-12)22(17,18)13-3-1-10(2-4-13)14-9-21-14/h1-4,11-12,14H,5-9H2. The fourth-order valence-electron chi connectivity index (χ4n) is 2.67. The fourth-order valence-corrected chi connectivity index (χ4v) is 4.40. The van der Waals surface area contributed by atoms with Gasteiger partial charge in [-0.05, 0) is 17.7 Å². The largest absolute Gasteiger partial charge is 0.373 e. The van der Waals surface area contributed by atoms with Gasteiger partial charge in [0.1, 0.15) is 6.10 Å². The van der Waals surface area contributed by atoms with E-state index in [1.165, 1.54) is 12.1 Å². The quantitative estimate of drug-likeness (QED) is 0.714. The first-order valence-corrected chi connectivity index (χ1v) is 8.85. The van der Waals surface area contributed by atoms with Gasteiger partial charge in [0.05, 0.1) is 36.9 Å². The number of sulfone groups is 1. The molecule has 3 atom stereocenters. The van der Waals surface area contributed by atoms with Crippen molar-refractivity contribution in [1.29, 1.82) is 0 Å². The Bertz CT molecular complexity index is 646. The Kier molecular flexibility index (Phi) is 3.30. The van der Waals surface area contributed by atoms with Crippen LogP contribution in [0.15, 0.2) is 29.2 Å². The van der Waals surface area contributed by atoms with Crippen molar-refractivity contribution in [3.05, 3.63) is 29.8 Å². The monoisotopic (exact) mass is 328 g/mol. The van der Waals surface area contributed by atoms with Gasteiger partial charge >= 0.3 is 0 Å². The zero-order chi connectivity index (χ0) is 15.4. The number of alkyl halides is 1. The minimum Gasteiger partial charge on any atom is -0.373 e. The van der Waals surface area contributed by atoms with Crippen molar-refractivity contribution in [3.8, 4) is 0 Å². The maximum Gasteiger partial charge on any atom is 0.220 e. The molecule has 3 unspecified atom stereocenters. The van der Waals surface area contributed by atoms with Crippen molar-refractivity contribution in [2.24, 2.45) is 0 Å². The molecule has 3 aliphatic rings. The molecule has 120 valence electrons. The van der Waals surface area contributed by atoms with Gasteiger partial charge in [-0.2, -0.15) is 0 Å². The highest BCUT2D eigenvalue weighted by Gasteiger charge is 2.52. The van der Waals surface area contributed by atoms with E-state index >= 15 is 4.39 Å². The summed E-state index contributed by atoms with van der Waals surface area (Å²) >= 11 is 0. The summed E-state index contributed by atoms with van der Waals surface area (Å²) < 4.78 is 56.1. The van der Waals surface area contributed by atoms with Gasteiger partial charge in [0.15, 0.2) is 0 Å². The lowest BCUT2D eigenvalue weighted by Crippen LogP contribution is -2.37. The van der Waals surface area contributed by atoms with Crippen LogP contribution in [0, 0.1) is 0 Å². The molecule has 0 aromatic heterocycles. The van der Waals surface area contributed by atoms with Crippen molar-refractivity contribution < 1.29 is 27.0 Å². The van der Waals surface area contributed by atoms with E-state index < -0.39 is 14.8 Å². The SMILES string of the molecule is O=S(=O)(c1ccc(C2CO2)cc1)C(F)(CC1CO1)CC1CO1. The second kappa shape index (κ2) is 4.99. The van der Waals surface area contributed by atoms with Crippen molar-refractivity contribution in [3.63, 3.8) is 0 Å². The third-order valence-electron chi connectivity index (χ3n) is 4.25. The van der Waals surface area contributed by atoms with Crippen LogP contribution in [0.1, 0.15) is 24.5 Å². The molecule has 3 heterocycles. The summed E-state index contributed by atoms with van der Waals surface area (Å²) in [6.45, 7) is 1.49. The van der Waals surface area contributed by atoms with Gasteiger partial charge in [-0.3, -0.25) is 0 Å². The van der Waals surface area contributed by atoms with Gasteiger partial charge in [0.25, 0.3) is 0 Å². The first-order chi connectivity index (χ1) is 10.5. The highest BCUT2D eigenvalue weighted by molar-refractivity contribution is 7.92. The van der Waals surface area contributed by atoms with E-state index in [9.17, 15) is 8.42 Å². The summed E-state index contributed by atoms with van der Waals surface area (Å²) in [4.78, 5) is 0.000648. The molecule has 0 N–H and O–H groups in total. The van der Waals surface area contributed by atoms with Gasteiger partial charge in [-0.1, -0.05) is 12.1 Å². The van der Waals surface area contributed by atoms with Crippen molar-refractivity contribution in [2.45, 2.75) is 41.0 Å². The van der Waals surface area contributed by atoms with Crippen LogP contribution in [0.3, 0.4) is 0 Å². The maximum absolute atomic E-state index is 15.3. The second-order valence-corrected chi connectivity index (χ2v) is 8.31. The molecule has 4 rings (SSSR count). The predicted octanol–water partition coefficient (Wildman–Crippen LogP) is 1.78. The third kappa shape index (κ3) is 2.78. The molecule has 3 fully saturated rings. The molecule has 7 heteroatoms. The van der Waals surface area contributed by atoms with E-state index in [0.717, 1.165) is 5.56 Å². The number of benzene rings is 1. The van der Waals surface area contributed by atoms with Crippen LogP contribution in [-0.2, 0) is 24.0 Å². The molecule has 3 aliphatic heterocycles. The molecule has 0 radical (unpaired) electrons. The van der Waals surface area contributed by atoms with Crippen LogP contribution in [0.4, 0.5) is 4.39 Å². The van der Waals surface area contributed by atoms with Gasteiger partial charge in [-0.25, -0.2) is 12.8 Å². The number of hydrogen-bond donors (Lipinski definition) is 0. The van der Waals surface area contributed by atoms with Crippen LogP contribution >= 0.6 is 0 Å². The highest BCUT2D eigenvalue weighted by atomic mass is 32.2. The van der Waals surface area contributed by atoms with Crippen LogP contribution in [0.25, 0.3) is 0 Å². The Balaban J connectivity index is 1.62. The van der Waals surface area contributed by atoms with E-state index in [1.807, 2.05) is 0 Å². The fraction of sp³-hybridized carbons (Fsp3) is 0.600. The number of ether oxygens (including phenoxy) is 3. The van der Waals surface area contributed by atoms with E-state index in [2.05, 4.69) is 0 Å². The Morgan fingerprint density at radius 2 is 1.50 bits per heavy atom. The summed E-state index contributed by atoms with van der Waals surface area (Å²) in [6.07, 6.45) is -0.840. The van der Waals surface area contributed by atoms with Crippen molar-refractivity contribution in [2.75, 3.05) is 19.8 Å². The van der Waals surface area contributed by atoms with Crippen molar-refractivity contribution in [1.82, 2.24) is 0 Å². The summed E-state index contributed by atoms with van der Waals surface area (Å²) in [6, 6.07) is 6.29. The Morgan fingerprint density at radius 1 is 1.00 bits per heavy atom. The number of hydrogen-bond acceptors (Lipinski definition) is 5. The van der Waals surface area contributed by atoms with Crippen LogP contribution in [0.2, 0.25) is 0 Å². The van der Waals surface area contributed by atoms with Crippen LogP contribution in [-0.4, -0.2) is 45.4 Å². The molecule has 22 heavy (non-hydrogen) atoms. The van der Waals surface area contributed by atoms with E-state index in [0.29, 0.717) is 19.8 Å². The summed E-state index contributed by atoms with van der Waals surface area (Å²) in [7, 11) is -4.10. The molecule has 1 aromatic carbocycles. The van der Waals surface area contributed by atoms with Gasteiger partial charge in [-0.15, -0.1) is 0 Å². The molecular formula is C15H17FO5S. The van der Waals surface area contributed by atoms with E-state index in [4.69, 9.17) is 14.2 Å². The topological polar surface area (TPSA) is 71.7 Å². The Labute approximate surface area is 128 Å².